The lowest BCUT2D eigenvalue weighted by Gasteiger charge is -2.19. The number of aromatic nitrogens is 1. The molecule has 17 heavy (non-hydrogen) atoms. The molecule has 2 aliphatic rings. The predicted molar refractivity (Wildman–Crippen MR) is 64.6 cm³/mol. The molecule has 4 heteroatoms. The van der Waals surface area contributed by atoms with Crippen LogP contribution in [0.15, 0.2) is 24.5 Å². The smallest absolute Gasteiger partial charge is 0.253 e. The summed E-state index contributed by atoms with van der Waals surface area (Å²) in [6.45, 7) is 4.09. The van der Waals surface area contributed by atoms with E-state index in [4.69, 9.17) is 0 Å². The summed E-state index contributed by atoms with van der Waals surface area (Å²) in [7, 11) is 2.16. The maximum Gasteiger partial charge on any atom is 0.253 e. The van der Waals surface area contributed by atoms with Crippen LogP contribution < -0.4 is 0 Å². The number of rotatable bonds is 1. The van der Waals surface area contributed by atoms with Crippen LogP contribution in [-0.4, -0.2) is 53.9 Å². The van der Waals surface area contributed by atoms with Crippen LogP contribution >= 0.6 is 0 Å². The molecule has 4 nitrogen and oxygen atoms in total. The van der Waals surface area contributed by atoms with E-state index < -0.39 is 0 Å². The Balaban J connectivity index is 1.70. The van der Waals surface area contributed by atoms with Crippen molar-refractivity contribution in [1.29, 1.82) is 0 Å². The highest BCUT2D eigenvalue weighted by Gasteiger charge is 2.40. The largest absolute Gasteiger partial charge is 0.338 e. The average molecular weight is 231 g/mol. The fourth-order valence-electron chi connectivity index (χ4n) is 3.07. The zero-order valence-corrected chi connectivity index (χ0v) is 10.0. The van der Waals surface area contributed by atoms with Crippen LogP contribution in [0.1, 0.15) is 10.4 Å². The fraction of sp³-hybridized carbons (Fsp3) is 0.538. The summed E-state index contributed by atoms with van der Waals surface area (Å²) < 4.78 is 0. The van der Waals surface area contributed by atoms with Gasteiger partial charge in [-0.2, -0.15) is 0 Å². The Morgan fingerprint density at radius 2 is 1.76 bits per heavy atom. The van der Waals surface area contributed by atoms with Crippen molar-refractivity contribution in [3.05, 3.63) is 30.1 Å². The molecule has 1 aromatic heterocycles. The Labute approximate surface area is 101 Å². The SMILES string of the molecule is CN1C[C@@H]2CN(C(=O)c3ccncc3)C[C@@H]2C1. The van der Waals surface area contributed by atoms with E-state index in [-0.39, 0.29) is 5.91 Å². The minimum absolute atomic E-state index is 0.157. The molecule has 2 atom stereocenters. The van der Waals surface area contributed by atoms with E-state index in [1.807, 2.05) is 4.90 Å². The molecule has 1 amide bonds. The van der Waals surface area contributed by atoms with Gasteiger partial charge in [-0.25, -0.2) is 0 Å². The number of hydrogen-bond donors (Lipinski definition) is 0. The molecule has 2 aliphatic heterocycles. The van der Waals surface area contributed by atoms with Crippen molar-refractivity contribution in [2.75, 3.05) is 33.2 Å². The Morgan fingerprint density at radius 3 is 2.35 bits per heavy atom. The van der Waals surface area contributed by atoms with Crippen LogP contribution in [0.2, 0.25) is 0 Å². The van der Waals surface area contributed by atoms with Crippen LogP contribution in [0.3, 0.4) is 0 Å². The van der Waals surface area contributed by atoms with Gasteiger partial charge in [-0.15, -0.1) is 0 Å². The van der Waals surface area contributed by atoms with Gasteiger partial charge in [-0.1, -0.05) is 0 Å². The molecular formula is C13H17N3O. The summed E-state index contributed by atoms with van der Waals surface area (Å²) in [6, 6.07) is 3.59. The monoisotopic (exact) mass is 231 g/mol. The molecule has 3 heterocycles. The van der Waals surface area contributed by atoms with E-state index in [0.717, 1.165) is 31.7 Å². The van der Waals surface area contributed by atoms with Crippen molar-refractivity contribution in [2.45, 2.75) is 0 Å². The summed E-state index contributed by atoms with van der Waals surface area (Å²) in [5, 5.41) is 0. The number of carbonyl (C=O) groups excluding carboxylic acids is 1. The van der Waals surface area contributed by atoms with E-state index in [9.17, 15) is 4.79 Å². The lowest BCUT2D eigenvalue weighted by Crippen LogP contribution is -2.32. The number of fused-ring (bicyclic) bond motifs is 1. The van der Waals surface area contributed by atoms with E-state index in [2.05, 4.69) is 16.9 Å². The van der Waals surface area contributed by atoms with E-state index in [1.54, 1.807) is 24.5 Å². The van der Waals surface area contributed by atoms with E-state index in [1.165, 1.54) is 0 Å². The Kier molecular flexibility index (Phi) is 2.59. The molecule has 2 fully saturated rings. The number of pyridine rings is 1. The maximum absolute atomic E-state index is 12.2. The summed E-state index contributed by atoms with van der Waals surface area (Å²) >= 11 is 0. The van der Waals surface area contributed by atoms with Crippen molar-refractivity contribution in [3.63, 3.8) is 0 Å². The first-order valence-electron chi connectivity index (χ1n) is 6.12. The molecule has 0 spiro atoms. The lowest BCUT2D eigenvalue weighted by molar-refractivity contribution is 0.0776. The molecule has 0 radical (unpaired) electrons. The number of nitrogens with zero attached hydrogens (tertiary/aromatic N) is 3. The summed E-state index contributed by atoms with van der Waals surface area (Å²) in [4.78, 5) is 20.6. The first-order valence-corrected chi connectivity index (χ1v) is 6.12. The molecule has 0 saturated carbocycles. The predicted octanol–water partition coefficient (Wildman–Crippen LogP) is 0.715. The molecule has 0 aromatic carbocycles. The standard InChI is InChI=1S/C13H17N3O/c1-15-6-11-8-16(9-12(11)7-15)13(17)10-2-4-14-5-3-10/h2-5,11-12H,6-9H2,1H3/t11-,12+. The fourth-order valence-corrected chi connectivity index (χ4v) is 3.07. The summed E-state index contributed by atoms with van der Waals surface area (Å²) in [5.41, 5.74) is 0.758. The molecule has 0 bridgehead atoms. The molecule has 0 N–H and O–H groups in total. The topological polar surface area (TPSA) is 36.4 Å². The number of amides is 1. The lowest BCUT2D eigenvalue weighted by atomic mass is 10.0. The Hall–Kier alpha value is -1.42. The second kappa shape index (κ2) is 4.11. The third-order valence-electron chi connectivity index (χ3n) is 3.88. The molecule has 3 rings (SSSR count). The van der Waals surface area contributed by atoms with Gasteiger partial charge in [0.25, 0.3) is 5.91 Å². The number of hydrogen-bond acceptors (Lipinski definition) is 3. The minimum atomic E-state index is 0.157. The van der Waals surface area contributed by atoms with Gasteiger partial charge in [0.2, 0.25) is 0 Å². The van der Waals surface area contributed by atoms with Crippen molar-refractivity contribution < 1.29 is 4.79 Å². The first kappa shape index (κ1) is 10.7. The highest BCUT2D eigenvalue weighted by atomic mass is 16.2. The highest BCUT2D eigenvalue weighted by Crippen LogP contribution is 2.30. The molecular weight excluding hydrogens is 214 g/mol. The highest BCUT2D eigenvalue weighted by molar-refractivity contribution is 5.94. The van der Waals surface area contributed by atoms with Crippen LogP contribution in [0.5, 0.6) is 0 Å². The summed E-state index contributed by atoms with van der Waals surface area (Å²) in [6.07, 6.45) is 3.36. The van der Waals surface area contributed by atoms with Crippen LogP contribution in [0, 0.1) is 11.8 Å². The zero-order chi connectivity index (χ0) is 11.8. The van der Waals surface area contributed by atoms with Crippen molar-refractivity contribution in [2.24, 2.45) is 11.8 Å². The van der Waals surface area contributed by atoms with Crippen LogP contribution in [0.25, 0.3) is 0 Å². The van der Waals surface area contributed by atoms with Gasteiger partial charge in [0, 0.05) is 44.1 Å². The van der Waals surface area contributed by atoms with Crippen molar-refractivity contribution in [3.8, 4) is 0 Å². The molecule has 0 unspecified atom stereocenters. The molecule has 2 saturated heterocycles. The van der Waals surface area contributed by atoms with Gasteiger partial charge < -0.3 is 9.80 Å². The third-order valence-corrected chi connectivity index (χ3v) is 3.88. The van der Waals surface area contributed by atoms with E-state index >= 15 is 0 Å². The number of likely N-dealkylation sites (tertiary alicyclic amines) is 2. The van der Waals surface area contributed by atoms with Gasteiger partial charge >= 0.3 is 0 Å². The van der Waals surface area contributed by atoms with Gasteiger partial charge in [-0.05, 0) is 31.0 Å². The quantitative estimate of drug-likeness (QED) is 0.714. The average Bonchev–Trinajstić information content (AvgIpc) is 2.86. The third kappa shape index (κ3) is 1.93. The van der Waals surface area contributed by atoms with Gasteiger partial charge in [0.05, 0.1) is 0 Å². The zero-order valence-electron chi connectivity index (χ0n) is 10.0. The van der Waals surface area contributed by atoms with E-state index in [0.29, 0.717) is 11.8 Å². The molecule has 90 valence electrons. The molecule has 0 aliphatic carbocycles. The van der Waals surface area contributed by atoms with Gasteiger partial charge in [0.1, 0.15) is 0 Å². The summed E-state index contributed by atoms with van der Waals surface area (Å²) in [5.74, 6) is 1.50. The van der Waals surface area contributed by atoms with Gasteiger partial charge in [-0.3, -0.25) is 9.78 Å². The van der Waals surface area contributed by atoms with Crippen molar-refractivity contribution >= 4 is 5.91 Å². The number of carbonyl (C=O) groups is 1. The Bertz CT molecular complexity index is 406. The normalized spacial score (nSPS) is 28.4. The second-order valence-corrected chi connectivity index (χ2v) is 5.19. The van der Waals surface area contributed by atoms with Gasteiger partial charge in [0.15, 0.2) is 0 Å². The van der Waals surface area contributed by atoms with Crippen molar-refractivity contribution in [1.82, 2.24) is 14.8 Å². The van der Waals surface area contributed by atoms with Crippen LogP contribution in [-0.2, 0) is 0 Å². The van der Waals surface area contributed by atoms with Crippen LogP contribution in [0.4, 0.5) is 0 Å². The Morgan fingerprint density at radius 1 is 1.18 bits per heavy atom. The maximum atomic E-state index is 12.2. The minimum Gasteiger partial charge on any atom is -0.338 e. The molecule has 1 aromatic rings. The second-order valence-electron chi connectivity index (χ2n) is 5.19. The first-order chi connectivity index (χ1) is 8.24.